The minimum absolute atomic E-state index is 0.0215. The van der Waals surface area contributed by atoms with Crippen LogP contribution < -0.4 is 5.32 Å². The summed E-state index contributed by atoms with van der Waals surface area (Å²) in [5.41, 5.74) is -0.352. The van der Waals surface area contributed by atoms with E-state index in [-0.39, 0.29) is 40.9 Å². The van der Waals surface area contributed by atoms with Crippen LogP contribution in [-0.4, -0.2) is 52.4 Å². The van der Waals surface area contributed by atoms with E-state index < -0.39 is 39.6 Å². The molecule has 2 aliphatic rings. The third-order valence-corrected chi connectivity index (χ3v) is 8.26. The van der Waals surface area contributed by atoms with E-state index in [1.807, 2.05) is 0 Å². The predicted octanol–water partition coefficient (Wildman–Crippen LogP) is 3.70. The Hall–Kier alpha value is -2.59. The summed E-state index contributed by atoms with van der Waals surface area (Å²) in [5, 5.41) is 16.5. The molecule has 3 atom stereocenters. The molecule has 1 aromatic carbocycles. The smallest absolute Gasteiger partial charge is 0.257 e. The number of aromatic nitrogens is 2. The summed E-state index contributed by atoms with van der Waals surface area (Å²) in [6.45, 7) is 3.50. The number of carbonyl (C=O) groups is 1. The lowest BCUT2D eigenvalue weighted by atomic mass is 9.98. The molecule has 0 saturated heterocycles. The predicted molar refractivity (Wildman–Crippen MR) is 124 cm³/mol. The number of benzene rings is 1. The third kappa shape index (κ3) is 5.72. The number of hydrogen-bond acceptors (Lipinski definition) is 5. The average Bonchev–Trinajstić information content (AvgIpc) is 3.46. The Balaban J connectivity index is 1.59. The Labute approximate surface area is 197 Å². The van der Waals surface area contributed by atoms with Crippen molar-refractivity contribution in [2.24, 2.45) is 5.92 Å². The lowest BCUT2D eigenvalue weighted by Crippen LogP contribution is -2.26. The number of nitrogens with zero attached hydrogens (tertiary/aromatic N) is 2. The number of rotatable bonds is 8. The van der Waals surface area contributed by atoms with Crippen LogP contribution in [-0.2, 0) is 21.2 Å². The zero-order valence-corrected chi connectivity index (χ0v) is 19.9. The molecular weight excluding hydrogens is 464 g/mol. The first-order valence-electron chi connectivity index (χ1n) is 11.3. The number of hydrogen-bond donors (Lipinski definition) is 2. The molecule has 184 valence electrons. The van der Waals surface area contributed by atoms with Crippen LogP contribution in [0.3, 0.4) is 0 Å². The first-order chi connectivity index (χ1) is 15.9. The Morgan fingerprint density at radius 2 is 1.79 bits per heavy atom. The fraction of sp³-hybridized carbons (Fsp3) is 0.500. The van der Waals surface area contributed by atoms with Crippen molar-refractivity contribution in [3.05, 3.63) is 48.2 Å². The van der Waals surface area contributed by atoms with Gasteiger partial charge in [-0.3, -0.25) is 9.48 Å². The molecule has 4 rings (SSSR count). The number of amides is 1. The van der Waals surface area contributed by atoms with Gasteiger partial charge in [0.1, 0.15) is 12.3 Å². The molecule has 34 heavy (non-hydrogen) atoms. The molecule has 0 bridgehead atoms. The molecular formula is C24H29F2N3O4S. The number of alkyl halides is 2. The van der Waals surface area contributed by atoms with Crippen LogP contribution in [0.5, 0.6) is 0 Å². The Morgan fingerprint density at radius 3 is 2.35 bits per heavy atom. The van der Waals surface area contributed by atoms with Crippen LogP contribution in [0, 0.1) is 5.92 Å². The van der Waals surface area contributed by atoms with Crippen molar-refractivity contribution >= 4 is 27.1 Å². The highest BCUT2D eigenvalue weighted by Crippen LogP contribution is 2.36. The van der Waals surface area contributed by atoms with E-state index in [2.05, 4.69) is 10.4 Å². The molecule has 2 aromatic rings. The molecule has 10 heteroatoms. The van der Waals surface area contributed by atoms with Gasteiger partial charge < -0.3 is 10.4 Å². The number of sulfone groups is 1. The second-order valence-electron chi connectivity index (χ2n) is 9.78. The Kier molecular flexibility index (Phi) is 6.65. The molecule has 1 unspecified atom stereocenters. The van der Waals surface area contributed by atoms with Crippen LogP contribution >= 0.6 is 0 Å². The molecule has 2 fully saturated rings. The molecule has 2 saturated carbocycles. The number of nitrogens with one attached hydrogen (secondary N) is 1. The van der Waals surface area contributed by atoms with Gasteiger partial charge in [0.05, 0.1) is 22.3 Å². The van der Waals surface area contributed by atoms with Gasteiger partial charge in [-0.2, -0.15) is 5.10 Å². The van der Waals surface area contributed by atoms with Crippen LogP contribution in [0.25, 0.3) is 5.57 Å². The van der Waals surface area contributed by atoms with Gasteiger partial charge in [0.15, 0.2) is 15.7 Å². The first-order valence-corrected chi connectivity index (χ1v) is 12.9. The Morgan fingerprint density at radius 1 is 1.18 bits per heavy atom. The molecule has 7 nitrogen and oxygen atoms in total. The van der Waals surface area contributed by atoms with Crippen molar-refractivity contribution in [2.45, 2.75) is 74.2 Å². The van der Waals surface area contributed by atoms with Crippen molar-refractivity contribution in [3.63, 3.8) is 0 Å². The number of allylic oxidation sites excluding steroid dienone is 1. The van der Waals surface area contributed by atoms with E-state index in [0.29, 0.717) is 18.4 Å². The zero-order valence-electron chi connectivity index (χ0n) is 19.1. The molecule has 0 aliphatic heterocycles. The second-order valence-corrected chi connectivity index (χ2v) is 12.0. The monoisotopic (exact) mass is 493 g/mol. The summed E-state index contributed by atoms with van der Waals surface area (Å²) < 4.78 is 54.0. The van der Waals surface area contributed by atoms with Gasteiger partial charge in [0, 0.05) is 17.8 Å². The highest BCUT2D eigenvalue weighted by atomic mass is 32.2. The van der Waals surface area contributed by atoms with Crippen molar-refractivity contribution in [1.29, 1.82) is 0 Å². The summed E-state index contributed by atoms with van der Waals surface area (Å²) in [7, 11) is -3.38. The summed E-state index contributed by atoms with van der Waals surface area (Å²) in [4.78, 5) is 13.4. The maximum absolute atomic E-state index is 13.8. The summed E-state index contributed by atoms with van der Waals surface area (Å²) in [6, 6.07) is 7.60. The maximum Gasteiger partial charge on any atom is 0.257 e. The van der Waals surface area contributed by atoms with Crippen molar-refractivity contribution in [3.8, 4) is 0 Å². The van der Waals surface area contributed by atoms with Crippen molar-refractivity contribution in [1.82, 2.24) is 9.78 Å². The van der Waals surface area contributed by atoms with Gasteiger partial charge in [-0.1, -0.05) is 18.2 Å². The fourth-order valence-electron chi connectivity index (χ4n) is 4.14. The van der Waals surface area contributed by atoms with E-state index >= 15 is 0 Å². The van der Waals surface area contributed by atoms with Gasteiger partial charge >= 0.3 is 0 Å². The van der Waals surface area contributed by atoms with Gasteiger partial charge in [-0.05, 0) is 63.1 Å². The molecule has 1 amide bonds. The van der Waals surface area contributed by atoms with Crippen LogP contribution in [0.1, 0.15) is 45.1 Å². The van der Waals surface area contributed by atoms with Crippen molar-refractivity contribution in [2.75, 3.05) is 5.32 Å². The number of carbonyl (C=O) groups excluding carboxylic acids is 1. The molecule has 1 aromatic heterocycles. The number of anilines is 1. The highest BCUT2D eigenvalue weighted by Gasteiger charge is 2.37. The second kappa shape index (κ2) is 9.22. The minimum atomic E-state index is -3.38. The van der Waals surface area contributed by atoms with Gasteiger partial charge in [-0.25, -0.2) is 17.2 Å². The number of halogens is 2. The van der Waals surface area contributed by atoms with E-state index in [1.54, 1.807) is 44.3 Å². The zero-order chi connectivity index (χ0) is 24.7. The van der Waals surface area contributed by atoms with E-state index in [1.165, 1.54) is 16.8 Å². The van der Waals surface area contributed by atoms with E-state index in [0.717, 1.165) is 0 Å². The van der Waals surface area contributed by atoms with Gasteiger partial charge in [-0.15, -0.1) is 0 Å². The summed E-state index contributed by atoms with van der Waals surface area (Å²) in [5.74, 6) is -0.733. The first kappa shape index (κ1) is 24.5. The highest BCUT2D eigenvalue weighted by molar-refractivity contribution is 7.92. The van der Waals surface area contributed by atoms with Crippen LogP contribution in [0.2, 0.25) is 0 Å². The summed E-state index contributed by atoms with van der Waals surface area (Å²) in [6.07, 6.45) is 1.27. The fourth-order valence-corrected chi connectivity index (χ4v) is 5.79. The minimum Gasteiger partial charge on any atom is -0.389 e. The standard InChI is InChI=1S/C24H29F2N3O4S/c1-24(2,31)14-29-10-9-22(28-29)27-23(30)19(11-15-12-20(25)21(26)13-15)16-3-5-17(6-4-16)34(32,33)18-7-8-18/h3-6,9-11,15,18,20-21,31H,7-8,12-14H2,1-2H3,(H,27,28,30)/b19-11+/t15?,20-,21+. The SMILES string of the molecule is CC(C)(O)Cn1ccc(NC(=O)/C(=C/C2C[C@@H](F)[C@@H](F)C2)c2ccc(S(=O)(=O)C3CC3)cc2)n1. The number of aliphatic hydroxyl groups is 1. The topological polar surface area (TPSA) is 101 Å². The molecule has 2 N–H and O–H groups in total. The van der Waals surface area contributed by atoms with Crippen LogP contribution in [0.4, 0.5) is 14.6 Å². The van der Waals surface area contributed by atoms with E-state index in [9.17, 15) is 27.1 Å². The Bertz CT molecular complexity index is 1170. The molecule has 1 heterocycles. The average molecular weight is 494 g/mol. The lowest BCUT2D eigenvalue weighted by molar-refractivity contribution is -0.111. The lowest BCUT2D eigenvalue weighted by Gasteiger charge is -2.16. The quantitative estimate of drug-likeness (QED) is 0.546. The molecule has 0 spiro atoms. The molecule has 2 aliphatic carbocycles. The van der Waals surface area contributed by atoms with Gasteiger partial charge in [0.25, 0.3) is 5.91 Å². The third-order valence-electron chi connectivity index (χ3n) is 5.98. The largest absolute Gasteiger partial charge is 0.389 e. The normalized spacial score (nSPS) is 23.8. The van der Waals surface area contributed by atoms with Crippen LogP contribution in [0.15, 0.2) is 47.5 Å². The summed E-state index contributed by atoms with van der Waals surface area (Å²) >= 11 is 0. The maximum atomic E-state index is 13.8. The van der Waals surface area contributed by atoms with Crippen molar-refractivity contribution < 1.29 is 27.1 Å². The van der Waals surface area contributed by atoms with Gasteiger partial charge in [0.2, 0.25) is 0 Å². The van der Waals surface area contributed by atoms with E-state index in [4.69, 9.17) is 0 Å². The molecule has 0 radical (unpaired) electrons.